The molecule has 0 spiro atoms. The number of anilines is 1. The van der Waals surface area contributed by atoms with Gasteiger partial charge in [0.2, 0.25) is 28.6 Å². The second-order valence-corrected chi connectivity index (χ2v) is 10.7. The molecule has 0 unspecified atom stereocenters. The Bertz CT molecular complexity index is 1210. The van der Waals surface area contributed by atoms with Crippen LogP contribution in [-0.4, -0.2) is 56.3 Å². The molecule has 11 heteroatoms. The van der Waals surface area contributed by atoms with Gasteiger partial charge in [0.05, 0.1) is 11.4 Å². The lowest BCUT2D eigenvalue weighted by Crippen LogP contribution is -2.52. The van der Waals surface area contributed by atoms with Gasteiger partial charge in [-0.3, -0.25) is 13.9 Å². The Balaban J connectivity index is 1.95. The molecule has 0 aromatic heterocycles. The highest BCUT2D eigenvalue weighted by Gasteiger charge is 2.32. The van der Waals surface area contributed by atoms with Crippen LogP contribution in [0.1, 0.15) is 39.7 Å². The van der Waals surface area contributed by atoms with Crippen LogP contribution < -0.4 is 19.1 Å². The van der Waals surface area contributed by atoms with Crippen LogP contribution in [-0.2, 0) is 26.2 Å². The van der Waals surface area contributed by atoms with Crippen LogP contribution in [0, 0.1) is 5.82 Å². The number of halogens is 1. The van der Waals surface area contributed by atoms with Crippen LogP contribution in [0.3, 0.4) is 0 Å². The molecule has 1 aliphatic rings. The van der Waals surface area contributed by atoms with E-state index in [0.29, 0.717) is 17.9 Å². The molecule has 36 heavy (non-hydrogen) atoms. The molecule has 0 saturated heterocycles. The van der Waals surface area contributed by atoms with Crippen LogP contribution in [0.5, 0.6) is 11.5 Å². The van der Waals surface area contributed by atoms with Crippen molar-refractivity contribution in [3.8, 4) is 11.5 Å². The molecule has 1 aliphatic heterocycles. The highest BCUT2D eigenvalue weighted by molar-refractivity contribution is 7.92. The van der Waals surface area contributed by atoms with Crippen molar-refractivity contribution >= 4 is 27.5 Å². The van der Waals surface area contributed by atoms with Crippen molar-refractivity contribution in [2.45, 2.75) is 52.7 Å². The number of sulfonamides is 1. The Morgan fingerprint density at radius 2 is 1.78 bits per heavy atom. The number of fused-ring (bicyclic) bond motifs is 1. The minimum absolute atomic E-state index is 0.0114. The molecule has 1 N–H and O–H groups in total. The summed E-state index contributed by atoms with van der Waals surface area (Å²) in [6.07, 6.45) is 0.687. The predicted octanol–water partition coefficient (Wildman–Crippen LogP) is 3.04. The van der Waals surface area contributed by atoms with Crippen molar-refractivity contribution in [3.05, 3.63) is 53.8 Å². The summed E-state index contributed by atoms with van der Waals surface area (Å²) in [5.41, 5.74) is 0.430. The normalized spacial score (nSPS) is 14.1. The maximum Gasteiger partial charge on any atom is 0.244 e. The maximum atomic E-state index is 14.5. The zero-order chi connectivity index (χ0) is 26.5. The number of rotatable bonds is 11. The standard InChI is InChI=1S/C25H32FN3O6S/c1-5-17(3)27-25(31)18(4)28(14-19-9-7-8-10-21(19)26)24(30)15-29(36(32,33)6-2)20-11-12-22-23(13-20)35-16-34-22/h7-13,17-18H,5-6,14-16H2,1-4H3,(H,27,31)/t17-,18-/m1/s1. The van der Waals surface area contributed by atoms with Crippen molar-refractivity contribution in [1.29, 1.82) is 0 Å². The van der Waals surface area contributed by atoms with Gasteiger partial charge in [-0.2, -0.15) is 0 Å². The SMILES string of the molecule is CC[C@@H](C)NC(=O)[C@@H](C)N(Cc1ccccc1F)C(=O)CN(c1ccc2c(c1)OCO2)S(=O)(=O)CC. The van der Waals surface area contributed by atoms with Gasteiger partial charge >= 0.3 is 0 Å². The van der Waals surface area contributed by atoms with Gasteiger partial charge in [-0.1, -0.05) is 25.1 Å². The minimum Gasteiger partial charge on any atom is -0.454 e. The van der Waals surface area contributed by atoms with Crippen molar-refractivity contribution in [3.63, 3.8) is 0 Å². The Hall–Kier alpha value is -3.34. The molecule has 0 radical (unpaired) electrons. The van der Waals surface area contributed by atoms with Crippen molar-refractivity contribution < 1.29 is 31.9 Å². The summed E-state index contributed by atoms with van der Waals surface area (Å²) in [5, 5.41) is 2.83. The molecular formula is C25H32FN3O6S. The zero-order valence-electron chi connectivity index (χ0n) is 20.9. The fourth-order valence-electron chi connectivity index (χ4n) is 3.62. The van der Waals surface area contributed by atoms with Crippen LogP contribution in [0.4, 0.5) is 10.1 Å². The zero-order valence-corrected chi connectivity index (χ0v) is 21.7. The molecule has 0 fully saturated rings. The van der Waals surface area contributed by atoms with Gasteiger partial charge < -0.3 is 19.7 Å². The Morgan fingerprint density at radius 3 is 2.44 bits per heavy atom. The quantitative estimate of drug-likeness (QED) is 0.487. The van der Waals surface area contributed by atoms with Gasteiger partial charge in [-0.15, -0.1) is 0 Å². The molecule has 0 bridgehead atoms. The number of nitrogens with one attached hydrogen (secondary N) is 1. The first-order chi connectivity index (χ1) is 17.1. The van der Waals surface area contributed by atoms with E-state index in [1.165, 1.54) is 49.1 Å². The molecule has 0 aliphatic carbocycles. The van der Waals surface area contributed by atoms with Crippen LogP contribution in [0.15, 0.2) is 42.5 Å². The topological polar surface area (TPSA) is 105 Å². The highest BCUT2D eigenvalue weighted by Crippen LogP contribution is 2.36. The molecule has 2 amide bonds. The number of nitrogens with zero attached hydrogens (tertiary/aromatic N) is 2. The molecular weight excluding hydrogens is 489 g/mol. The fourth-order valence-corrected chi connectivity index (χ4v) is 4.67. The third-order valence-electron chi connectivity index (χ3n) is 6.09. The summed E-state index contributed by atoms with van der Waals surface area (Å²) >= 11 is 0. The Kier molecular flexibility index (Phi) is 8.78. The molecule has 0 saturated carbocycles. The third-order valence-corrected chi connectivity index (χ3v) is 7.83. The highest BCUT2D eigenvalue weighted by atomic mass is 32.2. The average Bonchev–Trinajstić information content (AvgIpc) is 3.34. The van der Waals surface area contributed by atoms with E-state index >= 15 is 0 Å². The molecule has 9 nitrogen and oxygen atoms in total. The molecule has 2 atom stereocenters. The predicted molar refractivity (Wildman–Crippen MR) is 134 cm³/mol. The van der Waals surface area contributed by atoms with Gasteiger partial charge in [-0.05, 0) is 45.4 Å². The third kappa shape index (κ3) is 6.26. The van der Waals surface area contributed by atoms with E-state index in [-0.39, 0.29) is 36.4 Å². The van der Waals surface area contributed by atoms with E-state index in [2.05, 4.69) is 5.32 Å². The van der Waals surface area contributed by atoms with Crippen LogP contribution in [0.2, 0.25) is 0 Å². The summed E-state index contributed by atoms with van der Waals surface area (Å²) in [5.74, 6) is -1.02. The maximum absolute atomic E-state index is 14.5. The van der Waals surface area contributed by atoms with Gasteiger partial charge in [-0.25, -0.2) is 12.8 Å². The lowest BCUT2D eigenvalue weighted by Gasteiger charge is -2.32. The fraction of sp³-hybridized carbons (Fsp3) is 0.440. The number of benzene rings is 2. The van der Waals surface area contributed by atoms with Crippen LogP contribution >= 0.6 is 0 Å². The van der Waals surface area contributed by atoms with Gasteiger partial charge in [0, 0.05) is 24.2 Å². The van der Waals surface area contributed by atoms with Crippen LogP contribution in [0.25, 0.3) is 0 Å². The molecule has 196 valence electrons. The van der Waals surface area contributed by atoms with Crippen molar-refractivity contribution in [2.75, 3.05) is 23.4 Å². The Labute approximate surface area is 211 Å². The minimum atomic E-state index is -3.89. The summed E-state index contributed by atoms with van der Waals surface area (Å²) in [7, 11) is -3.89. The molecule has 3 rings (SSSR count). The van der Waals surface area contributed by atoms with Crippen molar-refractivity contribution in [2.24, 2.45) is 0 Å². The van der Waals surface area contributed by atoms with E-state index in [0.717, 1.165) is 4.31 Å². The first-order valence-electron chi connectivity index (χ1n) is 11.8. The number of carbonyl (C=O) groups is 2. The monoisotopic (exact) mass is 521 g/mol. The molecule has 2 aromatic carbocycles. The van der Waals surface area contributed by atoms with E-state index in [4.69, 9.17) is 9.47 Å². The largest absolute Gasteiger partial charge is 0.454 e. The van der Waals surface area contributed by atoms with E-state index < -0.39 is 40.2 Å². The smallest absolute Gasteiger partial charge is 0.244 e. The van der Waals surface area contributed by atoms with Gasteiger partial charge in [0.15, 0.2) is 11.5 Å². The summed E-state index contributed by atoms with van der Waals surface area (Å²) in [6, 6.07) is 9.42. The van der Waals surface area contributed by atoms with Gasteiger partial charge in [0.25, 0.3) is 0 Å². The number of carbonyl (C=O) groups excluding carboxylic acids is 2. The first kappa shape index (κ1) is 27.3. The lowest BCUT2D eigenvalue weighted by atomic mass is 10.1. The van der Waals surface area contributed by atoms with Crippen molar-refractivity contribution in [1.82, 2.24) is 10.2 Å². The molecule has 1 heterocycles. The number of amides is 2. The molecule has 2 aromatic rings. The number of ether oxygens (including phenoxy) is 2. The van der Waals surface area contributed by atoms with Gasteiger partial charge in [0.1, 0.15) is 18.4 Å². The van der Waals surface area contributed by atoms with E-state index in [1.54, 1.807) is 12.1 Å². The summed E-state index contributed by atoms with van der Waals surface area (Å²) in [6.45, 7) is 5.98. The first-order valence-corrected chi connectivity index (χ1v) is 13.4. The summed E-state index contributed by atoms with van der Waals surface area (Å²) in [4.78, 5) is 27.7. The number of hydrogen-bond acceptors (Lipinski definition) is 6. The summed E-state index contributed by atoms with van der Waals surface area (Å²) < 4.78 is 52.1. The lowest BCUT2D eigenvalue weighted by molar-refractivity contribution is -0.139. The number of hydrogen-bond donors (Lipinski definition) is 1. The second-order valence-electron chi connectivity index (χ2n) is 8.55. The van der Waals surface area contributed by atoms with E-state index in [9.17, 15) is 22.4 Å². The second kappa shape index (κ2) is 11.6. The Morgan fingerprint density at radius 1 is 1.08 bits per heavy atom. The van der Waals surface area contributed by atoms with E-state index in [1.807, 2.05) is 13.8 Å². The average molecular weight is 522 g/mol.